The van der Waals surface area contributed by atoms with E-state index in [9.17, 15) is 14.4 Å². The molecular formula is C12H22N2O4. The molecule has 1 atom stereocenters. The first-order valence-corrected chi connectivity index (χ1v) is 5.99. The zero-order valence-corrected chi connectivity index (χ0v) is 11.4. The molecule has 0 unspecified atom stereocenters. The van der Waals surface area contributed by atoms with Gasteiger partial charge in [-0.15, -0.1) is 0 Å². The van der Waals surface area contributed by atoms with Crippen molar-refractivity contribution in [2.75, 3.05) is 6.54 Å². The zero-order chi connectivity index (χ0) is 14.3. The van der Waals surface area contributed by atoms with Crippen LogP contribution in [0.25, 0.3) is 0 Å². The Labute approximate surface area is 107 Å². The average molecular weight is 258 g/mol. The maximum absolute atomic E-state index is 11.5. The van der Waals surface area contributed by atoms with Gasteiger partial charge in [-0.1, -0.05) is 27.7 Å². The number of nitrogens with one attached hydrogen (secondary N) is 2. The molecule has 2 amide bonds. The summed E-state index contributed by atoms with van der Waals surface area (Å²) in [7, 11) is 0. The van der Waals surface area contributed by atoms with Crippen LogP contribution in [-0.2, 0) is 14.4 Å². The predicted octanol–water partition coefficient (Wildman–Crippen LogP) is 0.518. The number of carbonyl (C=O) groups is 3. The van der Waals surface area contributed by atoms with Gasteiger partial charge in [0.1, 0.15) is 6.04 Å². The van der Waals surface area contributed by atoms with E-state index >= 15 is 0 Å². The van der Waals surface area contributed by atoms with Crippen LogP contribution in [0.2, 0.25) is 0 Å². The van der Waals surface area contributed by atoms with Crippen LogP contribution in [-0.4, -0.2) is 35.5 Å². The summed E-state index contributed by atoms with van der Waals surface area (Å²) < 4.78 is 0. The fraction of sp³-hybridized carbons (Fsp3) is 0.750. The van der Waals surface area contributed by atoms with Crippen LogP contribution in [0, 0.1) is 5.41 Å². The highest BCUT2D eigenvalue weighted by atomic mass is 16.4. The monoisotopic (exact) mass is 258 g/mol. The quantitative estimate of drug-likeness (QED) is 0.647. The zero-order valence-electron chi connectivity index (χ0n) is 11.4. The maximum atomic E-state index is 11.5. The number of hydrogen-bond acceptors (Lipinski definition) is 3. The van der Waals surface area contributed by atoms with Crippen LogP contribution in [0.5, 0.6) is 0 Å². The molecule has 104 valence electrons. The average Bonchev–Trinajstić information content (AvgIpc) is 2.23. The molecule has 0 aromatic carbocycles. The van der Waals surface area contributed by atoms with E-state index in [1.165, 1.54) is 0 Å². The highest BCUT2D eigenvalue weighted by Gasteiger charge is 2.21. The molecule has 0 aliphatic carbocycles. The van der Waals surface area contributed by atoms with Gasteiger partial charge in [-0.25, -0.2) is 4.79 Å². The van der Waals surface area contributed by atoms with Gasteiger partial charge < -0.3 is 15.7 Å². The van der Waals surface area contributed by atoms with Crippen molar-refractivity contribution < 1.29 is 19.5 Å². The highest BCUT2D eigenvalue weighted by Crippen LogP contribution is 2.11. The Bertz CT molecular complexity index is 321. The number of carboxylic acid groups (broad SMARTS) is 1. The Morgan fingerprint density at radius 1 is 1.22 bits per heavy atom. The van der Waals surface area contributed by atoms with Crippen LogP contribution in [0.1, 0.15) is 40.5 Å². The molecule has 0 saturated carbocycles. The SMILES string of the molecule is CC[C@H](NC(=O)CCNC(=O)C(C)(C)C)C(=O)O. The molecule has 0 spiro atoms. The van der Waals surface area contributed by atoms with E-state index < -0.39 is 17.4 Å². The van der Waals surface area contributed by atoms with Gasteiger partial charge >= 0.3 is 5.97 Å². The second-order valence-corrected chi connectivity index (χ2v) is 5.12. The van der Waals surface area contributed by atoms with Crippen LogP contribution in [0.4, 0.5) is 0 Å². The minimum Gasteiger partial charge on any atom is -0.480 e. The molecule has 0 heterocycles. The summed E-state index contributed by atoms with van der Waals surface area (Å²) in [6.45, 7) is 7.22. The van der Waals surface area contributed by atoms with Gasteiger partial charge in [-0.2, -0.15) is 0 Å². The largest absolute Gasteiger partial charge is 0.480 e. The topological polar surface area (TPSA) is 95.5 Å². The van der Waals surface area contributed by atoms with Crippen LogP contribution < -0.4 is 10.6 Å². The van der Waals surface area contributed by atoms with Crippen molar-refractivity contribution in [2.45, 2.75) is 46.6 Å². The minimum atomic E-state index is -1.05. The summed E-state index contributed by atoms with van der Waals surface area (Å²) in [4.78, 5) is 33.6. The van der Waals surface area contributed by atoms with Crippen LogP contribution >= 0.6 is 0 Å². The van der Waals surface area contributed by atoms with E-state index in [1.807, 2.05) is 0 Å². The van der Waals surface area contributed by atoms with Gasteiger partial charge in [-0.3, -0.25) is 9.59 Å². The lowest BCUT2D eigenvalue weighted by atomic mass is 9.96. The second kappa shape index (κ2) is 6.98. The van der Waals surface area contributed by atoms with Crippen molar-refractivity contribution in [3.63, 3.8) is 0 Å². The first kappa shape index (κ1) is 16.4. The van der Waals surface area contributed by atoms with E-state index in [0.29, 0.717) is 6.42 Å². The van der Waals surface area contributed by atoms with E-state index in [0.717, 1.165) is 0 Å². The smallest absolute Gasteiger partial charge is 0.326 e. The molecule has 0 bridgehead atoms. The maximum Gasteiger partial charge on any atom is 0.326 e. The second-order valence-electron chi connectivity index (χ2n) is 5.12. The third-order valence-corrected chi connectivity index (χ3v) is 2.36. The predicted molar refractivity (Wildman–Crippen MR) is 66.9 cm³/mol. The Balaban J connectivity index is 3.98. The number of hydrogen-bond donors (Lipinski definition) is 3. The Kier molecular flexibility index (Phi) is 6.36. The molecule has 0 rings (SSSR count). The first-order chi connectivity index (χ1) is 8.18. The Hall–Kier alpha value is -1.59. The van der Waals surface area contributed by atoms with E-state index in [-0.39, 0.29) is 24.8 Å². The number of carboxylic acids is 1. The molecule has 3 N–H and O–H groups in total. The number of amides is 2. The summed E-state index contributed by atoms with van der Waals surface area (Å²) >= 11 is 0. The van der Waals surface area contributed by atoms with E-state index in [1.54, 1.807) is 27.7 Å². The molecule has 0 aliphatic rings. The lowest BCUT2D eigenvalue weighted by Crippen LogP contribution is -2.42. The van der Waals surface area contributed by atoms with Crippen molar-refractivity contribution in [2.24, 2.45) is 5.41 Å². The fourth-order valence-electron chi connectivity index (χ4n) is 1.16. The standard InChI is InChI=1S/C12H22N2O4/c1-5-8(10(16)17)14-9(15)6-7-13-11(18)12(2,3)4/h8H,5-7H2,1-4H3,(H,13,18)(H,14,15)(H,16,17)/t8-/m0/s1. The lowest BCUT2D eigenvalue weighted by molar-refractivity contribution is -0.142. The van der Waals surface area contributed by atoms with Crippen molar-refractivity contribution >= 4 is 17.8 Å². The molecule has 0 radical (unpaired) electrons. The van der Waals surface area contributed by atoms with Gasteiger partial charge in [0.2, 0.25) is 11.8 Å². The molecule has 0 aromatic heterocycles. The van der Waals surface area contributed by atoms with Gasteiger partial charge in [0.25, 0.3) is 0 Å². The normalized spacial score (nSPS) is 12.7. The Morgan fingerprint density at radius 3 is 2.17 bits per heavy atom. The van der Waals surface area contributed by atoms with E-state index in [2.05, 4.69) is 10.6 Å². The molecule has 6 nitrogen and oxygen atoms in total. The van der Waals surface area contributed by atoms with Crippen molar-refractivity contribution in [1.82, 2.24) is 10.6 Å². The number of carbonyl (C=O) groups excluding carboxylic acids is 2. The van der Waals surface area contributed by atoms with Crippen LogP contribution in [0.3, 0.4) is 0 Å². The summed E-state index contributed by atoms with van der Waals surface area (Å²) in [6, 6.07) is -0.865. The van der Waals surface area contributed by atoms with Crippen molar-refractivity contribution in [3.8, 4) is 0 Å². The molecule has 18 heavy (non-hydrogen) atoms. The van der Waals surface area contributed by atoms with Gasteiger partial charge in [0.15, 0.2) is 0 Å². The van der Waals surface area contributed by atoms with Gasteiger partial charge in [-0.05, 0) is 6.42 Å². The summed E-state index contributed by atoms with van der Waals surface area (Å²) in [5.41, 5.74) is -0.497. The molecular weight excluding hydrogens is 236 g/mol. The molecule has 0 aliphatic heterocycles. The highest BCUT2D eigenvalue weighted by molar-refractivity contribution is 5.84. The first-order valence-electron chi connectivity index (χ1n) is 5.99. The molecule has 0 fully saturated rings. The Morgan fingerprint density at radius 2 is 1.78 bits per heavy atom. The molecule has 0 saturated heterocycles. The lowest BCUT2D eigenvalue weighted by Gasteiger charge is -2.18. The summed E-state index contributed by atoms with van der Waals surface area (Å²) in [6.07, 6.45) is 0.404. The minimum absolute atomic E-state index is 0.0750. The summed E-state index contributed by atoms with van der Waals surface area (Å²) in [5, 5.41) is 13.8. The van der Waals surface area contributed by atoms with Crippen LogP contribution in [0.15, 0.2) is 0 Å². The molecule has 0 aromatic rings. The summed E-state index contributed by atoms with van der Waals surface area (Å²) in [5.74, 6) is -1.57. The van der Waals surface area contributed by atoms with Gasteiger partial charge in [0, 0.05) is 18.4 Å². The van der Waals surface area contributed by atoms with Crippen molar-refractivity contribution in [3.05, 3.63) is 0 Å². The fourth-order valence-corrected chi connectivity index (χ4v) is 1.16. The van der Waals surface area contributed by atoms with E-state index in [4.69, 9.17) is 5.11 Å². The third kappa shape index (κ3) is 6.22. The molecule has 6 heteroatoms. The van der Waals surface area contributed by atoms with Gasteiger partial charge in [0.05, 0.1) is 0 Å². The number of aliphatic carboxylic acids is 1. The number of rotatable bonds is 6. The third-order valence-electron chi connectivity index (χ3n) is 2.36. The van der Waals surface area contributed by atoms with Crippen molar-refractivity contribution in [1.29, 1.82) is 0 Å².